The molecule has 2 heterocycles. The number of para-hydroxylation sites is 1. The first-order valence-electron chi connectivity index (χ1n) is 13.1. The largest absolute Gasteiger partial charge is 0.496 e. The number of methoxy groups -OCH3 is 2. The molecule has 0 spiro atoms. The zero-order chi connectivity index (χ0) is 28.6. The summed E-state index contributed by atoms with van der Waals surface area (Å²) in [6.45, 7) is 2.84. The van der Waals surface area contributed by atoms with Crippen LogP contribution in [0.5, 0.6) is 11.5 Å². The molecular formula is C26H36N6O7S. The zero-order valence-corrected chi connectivity index (χ0v) is 23.5. The van der Waals surface area contributed by atoms with E-state index in [0.717, 1.165) is 11.3 Å². The fourth-order valence-corrected chi connectivity index (χ4v) is 6.82. The van der Waals surface area contributed by atoms with Crippen LogP contribution in [0.4, 0.5) is 0 Å². The number of nitrogens with one attached hydrogen (secondary N) is 2. The summed E-state index contributed by atoms with van der Waals surface area (Å²) in [5.41, 5.74) is 5.67. The van der Waals surface area contributed by atoms with Crippen molar-refractivity contribution in [3.05, 3.63) is 54.1 Å². The highest BCUT2D eigenvalue weighted by atomic mass is 32.2. The molecule has 1 amide bonds. The summed E-state index contributed by atoms with van der Waals surface area (Å²) in [4.78, 5) is 14.7. The van der Waals surface area contributed by atoms with Crippen molar-refractivity contribution in [1.82, 2.24) is 20.9 Å². The first kappa shape index (κ1) is 29.7. The number of carbonyl (C=O) groups is 1. The van der Waals surface area contributed by atoms with Crippen LogP contribution in [0.25, 0.3) is 0 Å². The number of hydrogen-bond donors (Lipinski definition) is 3. The molecule has 0 aliphatic carbocycles. The molecule has 14 heteroatoms. The lowest BCUT2D eigenvalue weighted by atomic mass is 9.95. The van der Waals surface area contributed by atoms with Gasteiger partial charge in [-0.3, -0.25) is 10.0 Å². The Morgan fingerprint density at radius 3 is 2.50 bits per heavy atom. The van der Waals surface area contributed by atoms with Crippen molar-refractivity contribution in [1.29, 1.82) is 0 Å². The lowest BCUT2D eigenvalue weighted by Crippen LogP contribution is -2.57. The van der Waals surface area contributed by atoms with E-state index in [1.165, 1.54) is 12.1 Å². The van der Waals surface area contributed by atoms with E-state index in [4.69, 9.17) is 14.2 Å². The Hall–Kier alpha value is -3.30. The molecule has 3 N–H and O–H groups in total. The van der Waals surface area contributed by atoms with Crippen molar-refractivity contribution < 1.29 is 32.6 Å². The summed E-state index contributed by atoms with van der Waals surface area (Å²) >= 11 is 0. The van der Waals surface area contributed by atoms with Gasteiger partial charge in [-0.2, -0.15) is 5.43 Å². The second kappa shape index (κ2) is 13.4. The van der Waals surface area contributed by atoms with Crippen LogP contribution in [0.3, 0.4) is 0 Å². The first-order valence-corrected chi connectivity index (χ1v) is 14.5. The van der Waals surface area contributed by atoms with Gasteiger partial charge in [0.1, 0.15) is 11.5 Å². The van der Waals surface area contributed by atoms with Gasteiger partial charge in [0, 0.05) is 38.7 Å². The third-order valence-electron chi connectivity index (χ3n) is 7.20. The zero-order valence-electron chi connectivity index (χ0n) is 22.7. The summed E-state index contributed by atoms with van der Waals surface area (Å²) in [5, 5.41) is 19.4. The molecule has 218 valence electrons. The van der Waals surface area contributed by atoms with Crippen molar-refractivity contribution in [3.63, 3.8) is 0 Å². The van der Waals surface area contributed by atoms with Gasteiger partial charge in [0.05, 0.1) is 31.8 Å². The molecular weight excluding hydrogens is 540 g/mol. The highest BCUT2D eigenvalue weighted by Crippen LogP contribution is 2.36. The van der Waals surface area contributed by atoms with Crippen molar-refractivity contribution in [2.24, 2.45) is 10.3 Å². The molecule has 2 aromatic rings. The maximum atomic E-state index is 13.6. The molecule has 13 nitrogen and oxygen atoms in total. The highest BCUT2D eigenvalue weighted by molar-refractivity contribution is 7.93. The molecule has 40 heavy (non-hydrogen) atoms. The van der Waals surface area contributed by atoms with Gasteiger partial charge in [-0.05, 0) is 43.2 Å². The number of hydrazine groups is 1. The predicted octanol–water partition coefficient (Wildman–Crippen LogP) is 2.11. The Kier molecular flexibility index (Phi) is 9.92. The van der Waals surface area contributed by atoms with Crippen LogP contribution in [0.2, 0.25) is 0 Å². The van der Waals surface area contributed by atoms with E-state index in [2.05, 4.69) is 15.8 Å². The molecule has 0 bridgehead atoms. The Morgan fingerprint density at radius 1 is 1.10 bits per heavy atom. The van der Waals surface area contributed by atoms with Crippen LogP contribution < -0.4 is 20.4 Å². The molecule has 0 radical (unpaired) electrons. The van der Waals surface area contributed by atoms with Crippen molar-refractivity contribution in [2.75, 3.05) is 53.6 Å². The van der Waals surface area contributed by atoms with Crippen LogP contribution in [0.15, 0.2) is 63.8 Å². The van der Waals surface area contributed by atoms with E-state index in [1.807, 2.05) is 29.2 Å². The van der Waals surface area contributed by atoms with Crippen LogP contribution in [-0.2, 0) is 19.4 Å². The summed E-state index contributed by atoms with van der Waals surface area (Å²) in [7, 11) is -0.888. The lowest BCUT2D eigenvalue weighted by molar-refractivity contribution is -0.133. The number of rotatable bonds is 13. The van der Waals surface area contributed by atoms with Crippen molar-refractivity contribution in [3.8, 4) is 11.5 Å². The summed E-state index contributed by atoms with van der Waals surface area (Å²) in [6, 6.07) is 13.6. The molecule has 1 unspecified atom stereocenters. The lowest BCUT2D eigenvalue weighted by Gasteiger charge is -2.39. The van der Waals surface area contributed by atoms with E-state index >= 15 is 0 Å². The van der Waals surface area contributed by atoms with Gasteiger partial charge in [-0.1, -0.05) is 23.4 Å². The van der Waals surface area contributed by atoms with Gasteiger partial charge < -0.3 is 19.1 Å². The Balaban J connectivity index is 1.30. The van der Waals surface area contributed by atoms with Crippen molar-refractivity contribution in [2.45, 2.75) is 35.1 Å². The second-order valence-electron chi connectivity index (χ2n) is 9.55. The molecule has 2 aromatic carbocycles. The monoisotopic (exact) mass is 576 g/mol. The number of carbonyl (C=O) groups excluding carboxylic acids is 1. The summed E-state index contributed by atoms with van der Waals surface area (Å²) in [6.07, 6.45) is 0.414. The quantitative estimate of drug-likeness (QED) is 0.183. The van der Waals surface area contributed by atoms with E-state index in [9.17, 15) is 18.4 Å². The highest BCUT2D eigenvalue weighted by Gasteiger charge is 2.52. The fraction of sp³-hybridized carbons (Fsp3) is 0.500. The van der Waals surface area contributed by atoms with E-state index < -0.39 is 20.5 Å². The van der Waals surface area contributed by atoms with Crippen LogP contribution in [0, 0.1) is 0 Å². The number of sulfone groups is 1. The number of benzene rings is 2. The molecule has 0 saturated carbocycles. The summed E-state index contributed by atoms with van der Waals surface area (Å²) < 4.78 is 41.8. The minimum Gasteiger partial charge on any atom is -0.496 e. The molecule has 2 aliphatic rings. The van der Waals surface area contributed by atoms with Gasteiger partial charge in [-0.15, -0.1) is 5.11 Å². The molecule has 1 saturated heterocycles. The SMILES string of the molecule is COCCN1CCC(C(=O)NO)(S(=O)(=O)c2ccc(OCCCN3N=NC(c4ccccc4OC)N3)cc2)CC1. The van der Waals surface area contributed by atoms with E-state index in [-0.39, 0.29) is 23.9 Å². The predicted molar refractivity (Wildman–Crippen MR) is 144 cm³/mol. The molecule has 2 aliphatic heterocycles. The van der Waals surface area contributed by atoms with Crippen LogP contribution >= 0.6 is 0 Å². The standard InChI is InChI=1S/C26H36N6O7S/c1-37-19-17-31-15-12-26(13-16-31,25(33)29-34)40(35,36)21-10-8-20(9-11-21)39-18-5-14-32-28-24(27-30-32)22-6-3-4-7-23(22)38-2/h3-4,6-11,24,28,34H,5,12-19H2,1-2H3,(H,29,33). The Labute approximate surface area is 233 Å². The Bertz CT molecular complexity index is 1270. The maximum Gasteiger partial charge on any atom is 0.265 e. The topological polar surface area (TPSA) is 154 Å². The minimum atomic E-state index is -4.10. The number of piperidine rings is 1. The number of hydrogen-bond acceptors (Lipinski definition) is 12. The number of hydroxylamine groups is 1. The number of likely N-dealkylation sites (tertiary alicyclic amines) is 1. The minimum absolute atomic E-state index is 0.00199. The average Bonchev–Trinajstić information content (AvgIpc) is 3.47. The number of nitrogens with zero attached hydrogens (tertiary/aromatic N) is 4. The van der Waals surface area contributed by atoms with E-state index in [1.54, 1.807) is 37.0 Å². The first-order chi connectivity index (χ1) is 19.3. The summed E-state index contributed by atoms with van der Waals surface area (Å²) in [5.74, 6) is 0.307. The fourth-order valence-electron chi connectivity index (χ4n) is 4.86. The number of amides is 1. The molecule has 4 rings (SSSR count). The Morgan fingerprint density at radius 2 is 1.82 bits per heavy atom. The third kappa shape index (κ3) is 6.36. The number of ether oxygens (including phenoxy) is 3. The van der Waals surface area contributed by atoms with Gasteiger partial charge >= 0.3 is 0 Å². The molecule has 0 aromatic heterocycles. The normalized spacial score (nSPS) is 19.0. The van der Waals surface area contributed by atoms with Gasteiger partial charge in [0.2, 0.25) is 0 Å². The van der Waals surface area contributed by atoms with Gasteiger partial charge in [-0.25, -0.2) is 19.0 Å². The third-order valence-corrected chi connectivity index (χ3v) is 9.72. The van der Waals surface area contributed by atoms with E-state index in [0.29, 0.717) is 51.6 Å². The molecule has 1 atom stereocenters. The average molecular weight is 577 g/mol. The van der Waals surface area contributed by atoms with Crippen LogP contribution in [0.1, 0.15) is 31.0 Å². The molecule has 1 fully saturated rings. The smallest absolute Gasteiger partial charge is 0.265 e. The van der Waals surface area contributed by atoms with Crippen molar-refractivity contribution >= 4 is 15.7 Å². The second-order valence-corrected chi connectivity index (χ2v) is 11.8. The van der Waals surface area contributed by atoms with Gasteiger partial charge in [0.25, 0.3) is 5.91 Å². The van der Waals surface area contributed by atoms with Crippen LogP contribution in [-0.4, -0.2) is 87.9 Å². The maximum absolute atomic E-state index is 13.6. The van der Waals surface area contributed by atoms with Gasteiger partial charge in [0.15, 0.2) is 20.8 Å².